The van der Waals surface area contributed by atoms with E-state index in [0.29, 0.717) is 6.61 Å². The van der Waals surface area contributed by atoms with Gasteiger partial charge in [-0.05, 0) is 32.1 Å². The van der Waals surface area contributed by atoms with Gasteiger partial charge in [0.1, 0.15) is 6.10 Å². The lowest BCUT2D eigenvalue weighted by Crippen LogP contribution is -2.56. The monoisotopic (exact) mass is 305 g/mol. The molecule has 17 heavy (non-hydrogen) atoms. The van der Waals surface area contributed by atoms with Crippen molar-refractivity contribution < 1.29 is 14.3 Å². The Labute approximate surface area is 111 Å². The minimum absolute atomic E-state index is 0.0473. The summed E-state index contributed by atoms with van der Waals surface area (Å²) in [5.41, 5.74) is -0.143. The molecule has 4 nitrogen and oxygen atoms in total. The molecule has 2 fully saturated rings. The summed E-state index contributed by atoms with van der Waals surface area (Å²) in [4.78, 5) is 12.1. The highest BCUT2D eigenvalue weighted by Crippen LogP contribution is 2.24. The van der Waals surface area contributed by atoms with Gasteiger partial charge in [-0.25, -0.2) is 0 Å². The molecule has 2 aliphatic heterocycles. The summed E-state index contributed by atoms with van der Waals surface area (Å²) in [5, 5.41) is 3.94. The van der Waals surface area contributed by atoms with Crippen LogP contribution in [0, 0.1) is 0 Å². The van der Waals surface area contributed by atoms with E-state index in [1.165, 1.54) is 0 Å². The first-order chi connectivity index (χ1) is 8.26. The van der Waals surface area contributed by atoms with Crippen LogP contribution >= 0.6 is 15.9 Å². The molecule has 1 amide bonds. The number of hydrogen-bond acceptors (Lipinski definition) is 3. The van der Waals surface area contributed by atoms with Crippen molar-refractivity contribution in [3.8, 4) is 0 Å². The smallest absolute Gasteiger partial charge is 0.249 e. The van der Waals surface area contributed by atoms with Gasteiger partial charge in [0.2, 0.25) is 5.91 Å². The number of amides is 1. The molecule has 0 radical (unpaired) electrons. The third kappa shape index (κ3) is 3.42. The summed E-state index contributed by atoms with van der Waals surface area (Å²) in [6, 6.07) is 0. The first-order valence-electron chi connectivity index (χ1n) is 6.33. The Kier molecular flexibility index (Phi) is 4.82. The molecule has 1 N–H and O–H groups in total. The van der Waals surface area contributed by atoms with Crippen LogP contribution < -0.4 is 5.32 Å². The fraction of sp³-hybridized carbons (Fsp3) is 0.917. The number of carbonyl (C=O) groups is 1. The largest absolute Gasteiger partial charge is 0.381 e. The van der Waals surface area contributed by atoms with E-state index < -0.39 is 0 Å². The van der Waals surface area contributed by atoms with Crippen LogP contribution in [-0.2, 0) is 14.3 Å². The van der Waals surface area contributed by atoms with Crippen LogP contribution in [-0.4, -0.2) is 42.7 Å². The molecular formula is C12H20BrNO3. The maximum Gasteiger partial charge on any atom is 0.249 e. The van der Waals surface area contributed by atoms with Crippen LogP contribution in [0.3, 0.4) is 0 Å². The Morgan fingerprint density at radius 1 is 1.29 bits per heavy atom. The Morgan fingerprint density at radius 2 is 2.06 bits per heavy atom. The van der Waals surface area contributed by atoms with Crippen LogP contribution in [0.1, 0.15) is 32.1 Å². The van der Waals surface area contributed by atoms with E-state index in [1.54, 1.807) is 0 Å². The number of hydrogen-bond donors (Lipinski definition) is 1. The summed E-state index contributed by atoms with van der Waals surface area (Å²) in [6.07, 6.45) is 4.50. The Morgan fingerprint density at radius 3 is 2.65 bits per heavy atom. The lowest BCUT2D eigenvalue weighted by atomic mass is 9.92. The van der Waals surface area contributed by atoms with E-state index in [0.717, 1.165) is 50.6 Å². The van der Waals surface area contributed by atoms with Gasteiger partial charge in [0.15, 0.2) is 0 Å². The Balaban J connectivity index is 1.90. The van der Waals surface area contributed by atoms with Gasteiger partial charge in [0.25, 0.3) is 0 Å². The molecule has 98 valence electrons. The minimum Gasteiger partial charge on any atom is -0.381 e. The fourth-order valence-electron chi connectivity index (χ4n) is 2.34. The summed E-state index contributed by atoms with van der Waals surface area (Å²) in [5.74, 6) is 0.0473. The normalized spacial score (nSPS) is 28.6. The lowest BCUT2D eigenvalue weighted by molar-refractivity contribution is -0.138. The number of nitrogens with one attached hydrogen (secondary N) is 1. The number of carbonyl (C=O) groups excluding carboxylic acids is 1. The molecule has 5 heteroatoms. The molecule has 0 aromatic rings. The van der Waals surface area contributed by atoms with Crippen LogP contribution in [0.4, 0.5) is 0 Å². The number of ether oxygens (including phenoxy) is 2. The second-order valence-corrected chi connectivity index (χ2v) is 5.43. The zero-order valence-corrected chi connectivity index (χ0v) is 11.6. The van der Waals surface area contributed by atoms with Gasteiger partial charge < -0.3 is 14.8 Å². The fourth-order valence-corrected chi connectivity index (χ4v) is 3.04. The summed E-state index contributed by atoms with van der Waals surface area (Å²) < 4.78 is 10.9. The van der Waals surface area contributed by atoms with E-state index in [1.807, 2.05) is 0 Å². The van der Waals surface area contributed by atoms with E-state index in [9.17, 15) is 4.79 Å². The number of alkyl halides is 1. The van der Waals surface area contributed by atoms with Crippen molar-refractivity contribution in [1.29, 1.82) is 0 Å². The van der Waals surface area contributed by atoms with Crippen molar-refractivity contribution in [2.45, 2.75) is 43.7 Å². The van der Waals surface area contributed by atoms with E-state index >= 15 is 0 Å². The van der Waals surface area contributed by atoms with Crippen molar-refractivity contribution in [2.24, 2.45) is 0 Å². The van der Waals surface area contributed by atoms with E-state index in [2.05, 4.69) is 21.2 Å². The highest BCUT2D eigenvalue weighted by molar-refractivity contribution is 9.09. The molecule has 0 spiro atoms. The van der Waals surface area contributed by atoms with Crippen LogP contribution in [0.15, 0.2) is 0 Å². The highest BCUT2D eigenvalue weighted by atomic mass is 79.9. The molecule has 0 saturated carbocycles. The molecule has 0 aromatic carbocycles. The van der Waals surface area contributed by atoms with Gasteiger partial charge >= 0.3 is 0 Å². The van der Waals surface area contributed by atoms with Gasteiger partial charge in [-0.1, -0.05) is 15.9 Å². The second-order valence-electron chi connectivity index (χ2n) is 4.87. The summed E-state index contributed by atoms with van der Waals surface area (Å²) >= 11 is 3.51. The molecule has 0 aliphatic carbocycles. The average molecular weight is 306 g/mol. The van der Waals surface area contributed by atoms with E-state index in [-0.39, 0.29) is 17.6 Å². The predicted molar refractivity (Wildman–Crippen MR) is 68.3 cm³/mol. The molecule has 2 heterocycles. The van der Waals surface area contributed by atoms with Crippen molar-refractivity contribution in [1.82, 2.24) is 5.32 Å². The van der Waals surface area contributed by atoms with Crippen molar-refractivity contribution in [2.75, 3.05) is 25.2 Å². The number of rotatable bonds is 3. The van der Waals surface area contributed by atoms with Gasteiger partial charge in [-0.15, -0.1) is 0 Å². The van der Waals surface area contributed by atoms with Gasteiger partial charge in [0.05, 0.1) is 5.54 Å². The Bertz CT molecular complexity index is 260. The third-order valence-electron chi connectivity index (χ3n) is 3.57. The molecule has 2 aliphatic rings. The molecule has 0 aromatic heterocycles. The SMILES string of the molecule is O=C(NC1(CBr)CCOCC1)C1CCCCO1. The first-order valence-corrected chi connectivity index (χ1v) is 7.45. The van der Waals surface area contributed by atoms with Crippen LogP contribution in [0.5, 0.6) is 0 Å². The van der Waals surface area contributed by atoms with Gasteiger partial charge in [-0.2, -0.15) is 0 Å². The van der Waals surface area contributed by atoms with E-state index in [4.69, 9.17) is 9.47 Å². The molecular weight excluding hydrogens is 286 g/mol. The first kappa shape index (κ1) is 13.3. The van der Waals surface area contributed by atoms with Crippen molar-refractivity contribution >= 4 is 21.8 Å². The molecule has 2 rings (SSSR count). The average Bonchev–Trinajstić information content (AvgIpc) is 2.41. The Hall–Kier alpha value is -0.130. The maximum atomic E-state index is 12.1. The quantitative estimate of drug-likeness (QED) is 0.806. The van der Waals surface area contributed by atoms with Crippen molar-refractivity contribution in [3.05, 3.63) is 0 Å². The second kappa shape index (κ2) is 6.16. The van der Waals surface area contributed by atoms with Crippen molar-refractivity contribution in [3.63, 3.8) is 0 Å². The summed E-state index contributed by atoms with van der Waals surface area (Å²) in [6.45, 7) is 2.15. The van der Waals surface area contributed by atoms with Gasteiger partial charge in [0, 0.05) is 25.2 Å². The molecule has 2 saturated heterocycles. The third-order valence-corrected chi connectivity index (χ3v) is 4.64. The standard InChI is InChI=1S/C12H20BrNO3/c13-9-12(4-7-16-8-5-12)14-11(15)10-3-1-2-6-17-10/h10H,1-9H2,(H,14,15). The molecule has 0 bridgehead atoms. The van der Waals surface area contributed by atoms with Crippen LogP contribution in [0.2, 0.25) is 0 Å². The zero-order chi connectivity index (χ0) is 12.1. The highest BCUT2D eigenvalue weighted by Gasteiger charge is 2.35. The number of halogens is 1. The minimum atomic E-state index is -0.248. The van der Waals surface area contributed by atoms with Gasteiger partial charge in [-0.3, -0.25) is 4.79 Å². The zero-order valence-electron chi connectivity index (χ0n) is 10.0. The maximum absolute atomic E-state index is 12.1. The van der Waals surface area contributed by atoms with Crippen LogP contribution in [0.25, 0.3) is 0 Å². The molecule has 1 atom stereocenters. The topological polar surface area (TPSA) is 47.6 Å². The lowest BCUT2D eigenvalue weighted by Gasteiger charge is -2.38. The predicted octanol–water partition coefficient (Wildman–Crippen LogP) is 1.62. The molecule has 1 unspecified atom stereocenters. The summed E-state index contributed by atoms with van der Waals surface area (Å²) in [7, 11) is 0.